The predicted molar refractivity (Wildman–Crippen MR) is 150 cm³/mol. The maximum atomic E-state index is 12.9. The van der Waals surface area contributed by atoms with Gasteiger partial charge >= 0.3 is 0 Å². The molecule has 0 aliphatic carbocycles. The first-order chi connectivity index (χ1) is 17.7. The van der Waals surface area contributed by atoms with Crippen LogP contribution in [0.25, 0.3) is 6.08 Å². The van der Waals surface area contributed by atoms with Crippen LogP contribution >= 0.6 is 23.2 Å². The zero-order valence-electron chi connectivity index (χ0n) is 21.0. The SMILES string of the molecule is C=CCc1cc(/C=C(\C#N)C(=O)Nc2ccc(C)cc2C)cc(OCC)c1OCc1ccc(Cl)cc1Cl. The number of allylic oxidation sites excluding steroid dienone is 1. The molecule has 0 aliphatic rings. The van der Waals surface area contributed by atoms with Crippen LogP contribution in [-0.2, 0) is 17.8 Å². The van der Waals surface area contributed by atoms with Crippen LogP contribution in [0.5, 0.6) is 11.5 Å². The van der Waals surface area contributed by atoms with Crippen LogP contribution in [-0.4, -0.2) is 12.5 Å². The van der Waals surface area contributed by atoms with E-state index in [1.165, 1.54) is 6.08 Å². The maximum Gasteiger partial charge on any atom is 0.266 e. The Morgan fingerprint density at radius 3 is 2.51 bits per heavy atom. The molecule has 0 aromatic heterocycles. The van der Waals surface area contributed by atoms with Crippen LogP contribution in [0.4, 0.5) is 5.69 Å². The van der Waals surface area contributed by atoms with Gasteiger partial charge < -0.3 is 14.8 Å². The summed E-state index contributed by atoms with van der Waals surface area (Å²) in [5, 5.41) is 13.6. The second-order valence-corrected chi connectivity index (χ2v) is 9.24. The fraction of sp³-hybridized carbons (Fsp3) is 0.200. The predicted octanol–water partition coefficient (Wildman–Crippen LogP) is 7.86. The van der Waals surface area contributed by atoms with Crippen molar-refractivity contribution in [2.75, 3.05) is 11.9 Å². The second kappa shape index (κ2) is 13.0. The summed E-state index contributed by atoms with van der Waals surface area (Å²) in [4.78, 5) is 12.9. The number of hydrogen-bond acceptors (Lipinski definition) is 4. The highest BCUT2D eigenvalue weighted by Gasteiger charge is 2.16. The van der Waals surface area contributed by atoms with E-state index in [9.17, 15) is 10.1 Å². The molecular weight excluding hydrogens is 507 g/mol. The highest BCUT2D eigenvalue weighted by Crippen LogP contribution is 2.36. The van der Waals surface area contributed by atoms with E-state index in [1.54, 1.807) is 24.3 Å². The van der Waals surface area contributed by atoms with Crippen molar-refractivity contribution in [1.82, 2.24) is 0 Å². The van der Waals surface area contributed by atoms with Crippen LogP contribution in [0.2, 0.25) is 10.0 Å². The van der Waals surface area contributed by atoms with Gasteiger partial charge in [-0.3, -0.25) is 4.79 Å². The van der Waals surface area contributed by atoms with Gasteiger partial charge in [0.2, 0.25) is 0 Å². The van der Waals surface area contributed by atoms with E-state index in [2.05, 4.69) is 11.9 Å². The van der Waals surface area contributed by atoms with Crippen LogP contribution in [0, 0.1) is 25.2 Å². The summed E-state index contributed by atoms with van der Waals surface area (Å²) in [6, 6.07) is 16.5. The number of nitrogens with one attached hydrogen (secondary N) is 1. The van der Waals surface area contributed by atoms with Crippen molar-refractivity contribution >= 4 is 40.9 Å². The number of halogens is 2. The smallest absolute Gasteiger partial charge is 0.266 e. The molecule has 0 unspecified atom stereocenters. The molecule has 37 heavy (non-hydrogen) atoms. The number of hydrogen-bond donors (Lipinski definition) is 1. The van der Waals surface area contributed by atoms with E-state index in [0.29, 0.717) is 45.8 Å². The summed E-state index contributed by atoms with van der Waals surface area (Å²) < 4.78 is 12.0. The summed E-state index contributed by atoms with van der Waals surface area (Å²) in [6.45, 7) is 10.2. The maximum absolute atomic E-state index is 12.9. The molecule has 3 aromatic carbocycles. The molecule has 3 rings (SSSR count). The minimum atomic E-state index is -0.490. The largest absolute Gasteiger partial charge is 0.490 e. The lowest BCUT2D eigenvalue weighted by Crippen LogP contribution is -2.14. The van der Waals surface area contributed by atoms with Crippen LogP contribution in [0.15, 0.2) is 66.8 Å². The first-order valence-corrected chi connectivity index (χ1v) is 12.5. The van der Waals surface area contributed by atoms with E-state index in [-0.39, 0.29) is 12.2 Å². The topological polar surface area (TPSA) is 71.4 Å². The number of rotatable bonds is 10. The van der Waals surface area contributed by atoms with Gasteiger partial charge in [-0.25, -0.2) is 0 Å². The Morgan fingerprint density at radius 1 is 1.08 bits per heavy atom. The third-order valence-corrected chi connectivity index (χ3v) is 6.10. The summed E-state index contributed by atoms with van der Waals surface area (Å²) >= 11 is 12.3. The number of benzene rings is 3. The van der Waals surface area contributed by atoms with Gasteiger partial charge in [-0.05, 0) is 74.7 Å². The van der Waals surface area contributed by atoms with Crippen molar-refractivity contribution in [1.29, 1.82) is 5.26 Å². The number of nitriles is 1. The minimum Gasteiger partial charge on any atom is -0.490 e. The Labute approximate surface area is 227 Å². The molecule has 0 spiro atoms. The average molecular weight is 535 g/mol. The fourth-order valence-corrected chi connectivity index (χ4v) is 4.21. The van der Waals surface area contributed by atoms with Crippen molar-refractivity contribution in [3.05, 3.63) is 105 Å². The van der Waals surface area contributed by atoms with E-state index in [0.717, 1.165) is 22.3 Å². The lowest BCUT2D eigenvalue weighted by atomic mass is 10.0. The lowest BCUT2D eigenvalue weighted by molar-refractivity contribution is -0.112. The molecule has 0 bridgehead atoms. The van der Waals surface area contributed by atoms with Gasteiger partial charge in [0.15, 0.2) is 11.5 Å². The van der Waals surface area contributed by atoms with Crippen molar-refractivity contribution in [3.63, 3.8) is 0 Å². The van der Waals surface area contributed by atoms with Gasteiger partial charge in [0.1, 0.15) is 18.2 Å². The second-order valence-electron chi connectivity index (χ2n) is 8.40. The fourth-order valence-electron chi connectivity index (χ4n) is 3.75. The van der Waals surface area contributed by atoms with Gasteiger partial charge in [0.05, 0.1) is 6.61 Å². The normalized spacial score (nSPS) is 11.0. The summed E-state index contributed by atoms with van der Waals surface area (Å²) in [6.07, 6.45) is 3.77. The molecule has 0 fully saturated rings. The minimum absolute atomic E-state index is 0.0337. The van der Waals surface area contributed by atoms with Crippen molar-refractivity contribution in [3.8, 4) is 17.6 Å². The zero-order valence-corrected chi connectivity index (χ0v) is 22.5. The quantitative estimate of drug-likeness (QED) is 0.163. The van der Waals surface area contributed by atoms with Crippen molar-refractivity contribution < 1.29 is 14.3 Å². The highest BCUT2D eigenvalue weighted by atomic mass is 35.5. The summed E-state index contributed by atoms with van der Waals surface area (Å²) in [5.41, 5.74) is 4.83. The van der Waals surface area contributed by atoms with Crippen molar-refractivity contribution in [2.24, 2.45) is 0 Å². The van der Waals surface area contributed by atoms with E-state index in [1.807, 2.05) is 57.2 Å². The Hall–Kier alpha value is -3.72. The molecule has 5 nitrogen and oxygen atoms in total. The first kappa shape index (κ1) is 27.9. The summed E-state index contributed by atoms with van der Waals surface area (Å²) in [7, 11) is 0. The standard InChI is InChI=1S/C30H28Cl2N2O3/c1-5-7-22-13-21(14-24(17-33)30(35)34-27-11-8-19(3)12-20(27)4)15-28(36-6-2)29(22)37-18-23-9-10-25(31)16-26(23)32/h5,8-16H,1,6-7,18H2,2-4H3,(H,34,35)/b24-14+. The van der Waals surface area contributed by atoms with Gasteiger partial charge in [-0.15, -0.1) is 6.58 Å². The molecule has 1 N–H and O–H groups in total. The summed E-state index contributed by atoms with van der Waals surface area (Å²) in [5.74, 6) is 0.545. The number of aryl methyl sites for hydroxylation is 2. The molecule has 190 valence electrons. The Bertz CT molecular complexity index is 1390. The molecule has 0 heterocycles. The molecule has 0 saturated heterocycles. The highest BCUT2D eigenvalue weighted by molar-refractivity contribution is 6.35. The Kier molecular flexibility index (Phi) is 9.79. The van der Waals surface area contributed by atoms with Gasteiger partial charge in [0.25, 0.3) is 5.91 Å². The molecule has 7 heteroatoms. The molecular formula is C30H28Cl2N2O3. The average Bonchev–Trinajstić information content (AvgIpc) is 2.85. The molecule has 0 aliphatic heterocycles. The molecule has 0 atom stereocenters. The van der Waals surface area contributed by atoms with Gasteiger partial charge in [-0.2, -0.15) is 5.26 Å². The van der Waals surface area contributed by atoms with E-state index >= 15 is 0 Å². The van der Waals surface area contributed by atoms with Crippen LogP contribution in [0.1, 0.15) is 34.7 Å². The number of carbonyl (C=O) groups is 1. The van der Waals surface area contributed by atoms with E-state index in [4.69, 9.17) is 32.7 Å². The van der Waals surface area contributed by atoms with Gasteiger partial charge in [0, 0.05) is 26.9 Å². The van der Waals surface area contributed by atoms with Crippen LogP contribution in [0.3, 0.4) is 0 Å². The molecule has 0 saturated carbocycles. The Balaban J connectivity index is 1.94. The first-order valence-electron chi connectivity index (χ1n) is 11.7. The third-order valence-electron chi connectivity index (χ3n) is 5.51. The number of ether oxygens (including phenoxy) is 2. The van der Waals surface area contributed by atoms with Gasteiger partial charge in [-0.1, -0.05) is 53.0 Å². The van der Waals surface area contributed by atoms with Crippen LogP contribution < -0.4 is 14.8 Å². The van der Waals surface area contributed by atoms with E-state index < -0.39 is 5.91 Å². The number of carbonyl (C=O) groups excluding carboxylic acids is 1. The number of anilines is 1. The molecule has 3 aromatic rings. The Morgan fingerprint density at radius 2 is 1.86 bits per heavy atom. The number of amides is 1. The third kappa shape index (κ3) is 7.39. The molecule has 0 radical (unpaired) electrons. The monoisotopic (exact) mass is 534 g/mol. The molecule has 1 amide bonds. The zero-order chi connectivity index (χ0) is 26.9. The number of nitrogens with zero attached hydrogens (tertiary/aromatic N) is 1. The lowest BCUT2D eigenvalue weighted by Gasteiger charge is -2.17. The van der Waals surface area contributed by atoms with Crippen molar-refractivity contribution in [2.45, 2.75) is 33.8 Å².